The summed E-state index contributed by atoms with van der Waals surface area (Å²) < 4.78 is 15.7. The maximum Gasteiger partial charge on any atom is 0.308 e. The van der Waals surface area contributed by atoms with E-state index in [9.17, 15) is 14.4 Å². The molecule has 3 rings (SSSR count). The molecule has 0 unspecified atom stereocenters. The molecule has 0 spiro atoms. The molecule has 0 N–H and O–H groups in total. The summed E-state index contributed by atoms with van der Waals surface area (Å²) >= 11 is 0. The van der Waals surface area contributed by atoms with Gasteiger partial charge in [0.2, 0.25) is 0 Å². The standard InChI is InChI=1S/C28H26O6/c1-5-25(23-13-16-26(33-19(3)30)27(17-23)34-20(4)31)28(21-9-7-6-8-10-21)22-11-14-24(15-12-22)32-18(2)29/h6-17H,5H2,1-4H3/b28-25-. The van der Waals surface area contributed by atoms with Gasteiger partial charge in [0.15, 0.2) is 11.5 Å². The van der Waals surface area contributed by atoms with Crippen LogP contribution < -0.4 is 14.2 Å². The van der Waals surface area contributed by atoms with Gasteiger partial charge in [-0.3, -0.25) is 14.4 Å². The number of hydrogen-bond donors (Lipinski definition) is 0. The lowest BCUT2D eigenvalue weighted by Crippen LogP contribution is -2.07. The Morgan fingerprint density at radius 2 is 1.15 bits per heavy atom. The van der Waals surface area contributed by atoms with Crippen molar-refractivity contribution >= 4 is 29.1 Å². The van der Waals surface area contributed by atoms with E-state index >= 15 is 0 Å². The van der Waals surface area contributed by atoms with Gasteiger partial charge >= 0.3 is 17.9 Å². The molecule has 0 amide bonds. The van der Waals surface area contributed by atoms with Crippen LogP contribution in [-0.2, 0) is 14.4 Å². The van der Waals surface area contributed by atoms with Crippen LogP contribution >= 0.6 is 0 Å². The third-order valence-corrected chi connectivity index (χ3v) is 4.92. The largest absolute Gasteiger partial charge is 0.427 e. The molecular formula is C28H26O6. The van der Waals surface area contributed by atoms with Crippen molar-refractivity contribution in [2.24, 2.45) is 0 Å². The van der Waals surface area contributed by atoms with Crippen molar-refractivity contribution < 1.29 is 28.6 Å². The predicted molar refractivity (Wildman–Crippen MR) is 129 cm³/mol. The SMILES string of the molecule is CC/C(=C(\c1ccccc1)c1ccc(OC(C)=O)cc1)c1ccc(OC(C)=O)c(OC(C)=O)c1. The Morgan fingerprint density at radius 3 is 1.71 bits per heavy atom. The highest BCUT2D eigenvalue weighted by Gasteiger charge is 2.17. The first-order chi connectivity index (χ1) is 16.3. The summed E-state index contributed by atoms with van der Waals surface area (Å²) in [7, 11) is 0. The first kappa shape index (κ1) is 24.5. The molecule has 0 bridgehead atoms. The third kappa shape index (κ3) is 6.19. The van der Waals surface area contributed by atoms with E-state index in [0.717, 1.165) is 27.8 Å². The van der Waals surface area contributed by atoms with Crippen LogP contribution in [0.1, 0.15) is 50.8 Å². The average molecular weight is 459 g/mol. The maximum atomic E-state index is 11.7. The first-order valence-electron chi connectivity index (χ1n) is 10.9. The molecule has 0 aliphatic carbocycles. The molecule has 6 nitrogen and oxygen atoms in total. The molecule has 3 aromatic carbocycles. The number of carbonyl (C=O) groups excluding carboxylic acids is 3. The molecule has 0 aliphatic heterocycles. The zero-order valence-corrected chi connectivity index (χ0v) is 19.6. The summed E-state index contributed by atoms with van der Waals surface area (Å²) in [5.74, 6) is -0.601. The molecule has 0 aromatic heterocycles. The second-order valence-corrected chi connectivity index (χ2v) is 7.54. The van der Waals surface area contributed by atoms with Gasteiger partial charge in [-0.05, 0) is 58.5 Å². The molecule has 0 aliphatic rings. The van der Waals surface area contributed by atoms with Crippen molar-refractivity contribution in [3.63, 3.8) is 0 Å². The minimum atomic E-state index is -0.517. The van der Waals surface area contributed by atoms with Crippen LogP contribution in [0.25, 0.3) is 11.1 Å². The van der Waals surface area contributed by atoms with E-state index in [2.05, 4.69) is 0 Å². The van der Waals surface area contributed by atoms with E-state index < -0.39 is 11.9 Å². The van der Waals surface area contributed by atoms with Crippen LogP contribution in [0.3, 0.4) is 0 Å². The normalized spacial score (nSPS) is 11.3. The van der Waals surface area contributed by atoms with Crippen LogP contribution in [0.2, 0.25) is 0 Å². The molecule has 6 heteroatoms. The van der Waals surface area contributed by atoms with Gasteiger partial charge in [-0.1, -0.05) is 55.5 Å². The van der Waals surface area contributed by atoms with Crippen molar-refractivity contribution in [3.05, 3.63) is 89.5 Å². The fourth-order valence-corrected chi connectivity index (χ4v) is 3.67. The number of hydrogen-bond acceptors (Lipinski definition) is 6. The van der Waals surface area contributed by atoms with Gasteiger partial charge in [-0.25, -0.2) is 0 Å². The number of esters is 3. The van der Waals surface area contributed by atoms with Gasteiger partial charge in [0.1, 0.15) is 5.75 Å². The summed E-state index contributed by atoms with van der Waals surface area (Å²) in [6, 6.07) is 22.4. The highest BCUT2D eigenvalue weighted by Crippen LogP contribution is 2.38. The molecule has 0 radical (unpaired) electrons. The Morgan fingerprint density at radius 1 is 0.618 bits per heavy atom. The van der Waals surface area contributed by atoms with Crippen LogP contribution in [0, 0.1) is 0 Å². The van der Waals surface area contributed by atoms with Crippen molar-refractivity contribution in [2.75, 3.05) is 0 Å². The minimum absolute atomic E-state index is 0.170. The van der Waals surface area contributed by atoms with Crippen molar-refractivity contribution in [3.8, 4) is 17.2 Å². The Kier molecular flexibility index (Phi) is 7.98. The number of carbonyl (C=O) groups is 3. The number of allylic oxidation sites excluding steroid dienone is 1. The van der Waals surface area contributed by atoms with Crippen molar-refractivity contribution in [1.29, 1.82) is 0 Å². The molecule has 34 heavy (non-hydrogen) atoms. The van der Waals surface area contributed by atoms with Crippen LogP contribution in [-0.4, -0.2) is 17.9 Å². The van der Waals surface area contributed by atoms with Gasteiger partial charge in [0.05, 0.1) is 0 Å². The Labute approximate surface area is 198 Å². The fourth-order valence-electron chi connectivity index (χ4n) is 3.67. The highest BCUT2D eigenvalue weighted by molar-refractivity contribution is 5.99. The second-order valence-electron chi connectivity index (χ2n) is 7.54. The Balaban J connectivity index is 2.20. The van der Waals surface area contributed by atoms with Gasteiger partial charge in [0, 0.05) is 20.8 Å². The lowest BCUT2D eigenvalue weighted by molar-refractivity contribution is -0.134. The smallest absolute Gasteiger partial charge is 0.308 e. The summed E-state index contributed by atoms with van der Waals surface area (Å²) in [5, 5.41) is 0. The van der Waals surface area contributed by atoms with E-state index in [1.807, 2.05) is 55.5 Å². The zero-order chi connectivity index (χ0) is 24.7. The van der Waals surface area contributed by atoms with Gasteiger partial charge in [0.25, 0.3) is 0 Å². The lowest BCUT2D eigenvalue weighted by Gasteiger charge is -2.18. The molecule has 0 fully saturated rings. The van der Waals surface area contributed by atoms with Gasteiger partial charge in [-0.2, -0.15) is 0 Å². The fraction of sp³-hybridized carbons (Fsp3) is 0.179. The van der Waals surface area contributed by atoms with Gasteiger partial charge < -0.3 is 14.2 Å². The van der Waals surface area contributed by atoms with E-state index in [4.69, 9.17) is 14.2 Å². The molecule has 0 saturated heterocycles. The number of ether oxygens (including phenoxy) is 3. The van der Waals surface area contributed by atoms with E-state index in [1.165, 1.54) is 20.8 Å². The molecule has 0 atom stereocenters. The third-order valence-electron chi connectivity index (χ3n) is 4.92. The second kappa shape index (κ2) is 11.1. The predicted octanol–water partition coefficient (Wildman–Crippen LogP) is 5.83. The van der Waals surface area contributed by atoms with E-state index in [-0.39, 0.29) is 17.5 Å². The molecule has 3 aromatic rings. The Bertz CT molecular complexity index is 1220. The van der Waals surface area contributed by atoms with Crippen molar-refractivity contribution in [1.82, 2.24) is 0 Å². The zero-order valence-electron chi connectivity index (χ0n) is 19.6. The maximum absolute atomic E-state index is 11.7. The monoisotopic (exact) mass is 458 g/mol. The molecule has 174 valence electrons. The van der Waals surface area contributed by atoms with E-state index in [0.29, 0.717) is 12.2 Å². The van der Waals surface area contributed by atoms with Crippen molar-refractivity contribution in [2.45, 2.75) is 34.1 Å². The Hall–Kier alpha value is -4.19. The van der Waals surface area contributed by atoms with Gasteiger partial charge in [-0.15, -0.1) is 0 Å². The molecular weight excluding hydrogens is 432 g/mol. The summed E-state index contributed by atoms with van der Waals surface area (Å²) in [4.78, 5) is 34.5. The lowest BCUT2D eigenvalue weighted by atomic mass is 9.88. The average Bonchev–Trinajstić information content (AvgIpc) is 2.79. The molecule has 0 heterocycles. The van der Waals surface area contributed by atoms with Crippen LogP contribution in [0.15, 0.2) is 72.8 Å². The summed E-state index contributed by atoms with van der Waals surface area (Å²) in [5.41, 5.74) is 4.72. The summed E-state index contributed by atoms with van der Waals surface area (Å²) in [6.07, 6.45) is 0.669. The summed E-state index contributed by atoms with van der Waals surface area (Å²) in [6.45, 7) is 5.98. The van der Waals surface area contributed by atoms with Crippen LogP contribution in [0.5, 0.6) is 17.2 Å². The molecule has 0 saturated carbocycles. The number of rotatable bonds is 7. The quantitative estimate of drug-likeness (QED) is 0.252. The highest BCUT2D eigenvalue weighted by atomic mass is 16.6. The minimum Gasteiger partial charge on any atom is -0.427 e. The first-order valence-corrected chi connectivity index (χ1v) is 10.9. The number of benzene rings is 3. The topological polar surface area (TPSA) is 78.9 Å². The van der Waals surface area contributed by atoms with E-state index in [1.54, 1.807) is 24.3 Å². The van der Waals surface area contributed by atoms with Crippen LogP contribution in [0.4, 0.5) is 0 Å².